The second-order valence-electron chi connectivity index (χ2n) is 13.9. The summed E-state index contributed by atoms with van der Waals surface area (Å²) in [6.07, 6.45) is 3.63. The van der Waals surface area contributed by atoms with Crippen molar-refractivity contribution in [2.24, 2.45) is 0 Å². The van der Waals surface area contributed by atoms with Crippen molar-refractivity contribution in [2.75, 3.05) is 0 Å². The lowest BCUT2D eigenvalue weighted by atomic mass is 9.95. The van der Waals surface area contributed by atoms with Gasteiger partial charge < -0.3 is 9.97 Å². The van der Waals surface area contributed by atoms with E-state index >= 15 is 0 Å². The van der Waals surface area contributed by atoms with Gasteiger partial charge in [-0.1, -0.05) is 74.5 Å². The van der Waals surface area contributed by atoms with E-state index in [1.54, 1.807) is 0 Å². The van der Waals surface area contributed by atoms with Gasteiger partial charge in [-0.3, -0.25) is 9.59 Å². The lowest BCUT2D eigenvalue weighted by Gasteiger charge is -2.07. The molecule has 0 unspecified atom stereocenters. The Labute approximate surface area is 305 Å². The molecule has 0 fully saturated rings. The number of fused-ring (bicyclic) bond motifs is 8. The first-order chi connectivity index (χ1) is 25.2. The highest BCUT2D eigenvalue weighted by Gasteiger charge is 2.23. The maximum Gasteiger partial charge on any atom is 0.163 e. The smallest absolute Gasteiger partial charge is 0.163 e. The van der Waals surface area contributed by atoms with Gasteiger partial charge in [-0.2, -0.15) is 0 Å². The minimum Gasteiger partial charge on any atom is -0.355 e. The zero-order valence-electron chi connectivity index (χ0n) is 31.0. The molecule has 2 aromatic carbocycles. The number of nitrogens with zero attached hydrogens (tertiary/aromatic N) is 2. The van der Waals surface area contributed by atoms with E-state index in [1.165, 1.54) is 22.3 Å². The third-order valence-corrected chi connectivity index (χ3v) is 10.9. The molecule has 0 radical (unpaired) electrons. The van der Waals surface area contributed by atoms with Crippen LogP contribution in [0.5, 0.6) is 0 Å². The second kappa shape index (κ2) is 14.5. The van der Waals surface area contributed by atoms with Crippen LogP contribution in [0.4, 0.5) is 0 Å². The van der Waals surface area contributed by atoms with Gasteiger partial charge in [0.05, 0.1) is 22.8 Å². The summed E-state index contributed by atoms with van der Waals surface area (Å²) < 4.78 is 0. The van der Waals surface area contributed by atoms with E-state index in [1.807, 2.05) is 60.7 Å². The number of carbonyl (C=O) groups is 2. The van der Waals surface area contributed by atoms with Gasteiger partial charge in [0.1, 0.15) is 0 Å². The molecule has 7 rings (SSSR count). The van der Waals surface area contributed by atoms with Gasteiger partial charge in [0.2, 0.25) is 0 Å². The van der Waals surface area contributed by atoms with E-state index in [0.717, 1.165) is 80.0 Å². The van der Waals surface area contributed by atoms with Crippen LogP contribution in [-0.4, -0.2) is 31.5 Å². The van der Waals surface area contributed by atoms with Crippen molar-refractivity contribution < 1.29 is 9.59 Å². The van der Waals surface area contributed by atoms with Crippen molar-refractivity contribution in [2.45, 2.75) is 80.1 Å². The minimum atomic E-state index is 0.107. The molecule has 52 heavy (non-hydrogen) atoms. The quantitative estimate of drug-likeness (QED) is 0.143. The number of benzene rings is 2. The zero-order valence-corrected chi connectivity index (χ0v) is 31.0. The standard InChI is InChI=1S/C46H46N4O2/c1-7-33-27(3)37-23-38-29(5)35(19-21-45(51)31-15-11-9-12-16-31)43(49-38)26-44-36(20-22-46(52)32-17-13-10-14-18-32)30(6)40(50-44)25-42-34(8-2)28(4)39(48-42)24-41(33)47-37/h9-18,23-26,47-48H,7-8,19-22H2,1-6H3. The number of ketones is 2. The Morgan fingerprint density at radius 2 is 0.923 bits per heavy atom. The van der Waals surface area contributed by atoms with Crippen molar-refractivity contribution in [1.82, 2.24) is 19.9 Å². The first-order valence-electron chi connectivity index (χ1n) is 18.5. The van der Waals surface area contributed by atoms with Crippen molar-refractivity contribution in [3.05, 3.63) is 141 Å². The number of allylic oxidation sites excluding steroid dienone is 4. The Morgan fingerprint density at radius 1 is 0.519 bits per heavy atom. The van der Waals surface area contributed by atoms with Gasteiger partial charge in [-0.25, -0.2) is 9.97 Å². The normalized spacial score (nSPS) is 12.9. The van der Waals surface area contributed by atoms with E-state index < -0.39 is 0 Å². The Bertz CT molecular complexity index is 2440. The SMILES string of the molecule is CCc1c(C)c2cc3[nH]c(cc4nc(cc5nc(cc1[nH]2)C(C)=C5CCC(=O)c1ccccc1)C(CCC(=O)c1ccccc1)=C4C)c(C)c3CC. The highest BCUT2D eigenvalue weighted by Crippen LogP contribution is 2.38. The Balaban J connectivity index is 1.45. The molecule has 2 N–H and O–H groups in total. The van der Waals surface area contributed by atoms with Crippen LogP contribution in [0.3, 0.4) is 0 Å². The average molecular weight is 687 g/mol. The lowest BCUT2D eigenvalue weighted by molar-refractivity contribution is 0.0976. The summed E-state index contributed by atoms with van der Waals surface area (Å²) in [6.45, 7) is 13.0. The molecule has 6 nitrogen and oxygen atoms in total. The summed E-state index contributed by atoms with van der Waals surface area (Å²) in [5.74, 6) is 0.214. The van der Waals surface area contributed by atoms with Gasteiger partial charge in [-0.15, -0.1) is 0 Å². The first-order valence-corrected chi connectivity index (χ1v) is 18.5. The molecule has 3 aromatic heterocycles. The van der Waals surface area contributed by atoms with Crippen LogP contribution in [-0.2, 0) is 12.8 Å². The number of aryl methyl sites for hydroxylation is 4. The fraction of sp³-hybridized carbons (Fsp3) is 0.261. The first kappa shape index (κ1) is 34.8. The van der Waals surface area contributed by atoms with Gasteiger partial charge in [0.25, 0.3) is 0 Å². The highest BCUT2D eigenvalue weighted by molar-refractivity contribution is 6.01. The largest absolute Gasteiger partial charge is 0.355 e. The fourth-order valence-corrected chi connectivity index (χ4v) is 7.77. The fourth-order valence-electron chi connectivity index (χ4n) is 7.77. The number of rotatable bonds is 10. The van der Waals surface area contributed by atoms with Gasteiger partial charge in [0.15, 0.2) is 11.6 Å². The van der Waals surface area contributed by atoms with Crippen LogP contribution in [0.25, 0.3) is 44.4 Å². The molecule has 0 spiro atoms. The van der Waals surface area contributed by atoms with Crippen LogP contribution in [0, 0.1) is 13.8 Å². The van der Waals surface area contributed by atoms with Crippen LogP contribution >= 0.6 is 0 Å². The number of H-pyrrole nitrogens is 2. The number of Topliss-reactive ketones (excluding diaryl/α,β-unsaturated/α-hetero) is 2. The van der Waals surface area contributed by atoms with E-state index in [0.29, 0.717) is 36.8 Å². The van der Waals surface area contributed by atoms with E-state index in [9.17, 15) is 9.59 Å². The molecule has 0 saturated carbocycles. The highest BCUT2D eigenvalue weighted by atomic mass is 16.1. The predicted octanol–water partition coefficient (Wildman–Crippen LogP) is 11.2. The van der Waals surface area contributed by atoms with Gasteiger partial charge in [-0.05, 0) is 122 Å². The molecule has 0 aliphatic carbocycles. The Morgan fingerprint density at radius 3 is 1.37 bits per heavy atom. The van der Waals surface area contributed by atoms with Crippen molar-refractivity contribution in [3.8, 4) is 0 Å². The molecule has 0 amide bonds. The molecular weight excluding hydrogens is 641 g/mol. The van der Waals surface area contributed by atoms with Crippen molar-refractivity contribution in [3.63, 3.8) is 0 Å². The molecule has 5 heterocycles. The van der Waals surface area contributed by atoms with Crippen molar-refractivity contribution in [1.29, 1.82) is 0 Å². The third-order valence-electron chi connectivity index (χ3n) is 10.9. The summed E-state index contributed by atoms with van der Waals surface area (Å²) in [6, 6.07) is 27.6. The van der Waals surface area contributed by atoms with Crippen molar-refractivity contribution >= 4 is 55.9 Å². The maximum atomic E-state index is 13.3. The molecule has 0 atom stereocenters. The monoisotopic (exact) mass is 686 g/mol. The summed E-state index contributed by atoms with van der Waals surface area (Å²) in [7, 11) is 0. The average Bonchev–Trinajstić information content (AvgIpc) is 3.82. The molecule has 0 saturated heterocycles. The van der Waals surface area contributed by atoms with Crippen LogP contribution < -0.4 is 0 Å². The second-order valence-corrected chi connectivity index (χ2v) is 13.9. The van der Waals surface area contributed by atoms with E-state index in [2.05, 4.69) is 75.8 Å². The number of aromatic nitrogens is 4. The van der Waals surface area contributed by atoms with Gasteiger partial charge >= 0.3 is 0 Å². The molecule has 262 valence electrons. The predicted molar refractivity (Wildman–Crippen MR) is 214 cm³/mol. The van der Waals surface area contributed by atoms with E-state index in [-0.39, 0.29) is 11.6 Å². The van der Waals surface area contributed by atoms with Crippen LogP contribution in [0.15, 0.2) is 84.9 Å². The molecule has 5 aromatic rings. The van der Waals surface area contributed by atoms with Gasteiger partial charge in [0, 0.05) is 46.0 Å². The zero-order chi connectivity index (χ0) is 36.5. The summed E-state index contributed by atoms with van der Waals surface area (Å²) in [5, 5.41) is 0. The number of carbonyl (C=O) groups excluding carboxylic acids is 2. The lowest BCUT2D eigenvalue weighted by Crippen LogP contribution is -2.00. The Hall–Kier alpha value is -5.62. The summed E-state index contributed by atoms with van der Waals surface area (Å²) >= 11 is 0. The molecular formula is C46H46N4O2. The maximum absolute atomic E-state index is 13.3. The molecule has 8 bridgehead atoms. The summed E-state index contributed by atoms with van der Waals surface area (Å²) in [5.41, 5.74) is 18.3. The summed E-state index contributed by atoms with van der Waals surface area (Å²) in [4.78, 5) is 44.6. The molecule has 2 aliphatic rings. The third kappa shape index (κ3) is 6.61. The number of aromatic amines is 2. The molecule has 6 heteroatoms. The Kier molecular flexibility index (Phi) is 9.74. The number of hydrogen-bond donors (Lipinski definition) is 2. The number of nitrogens with one attached hydrogen (secondary N) is 2. The minimum absolute atomic E-state index is 0.107. The number of hydrogen-bond acceptors (Lipinski definition) is 4. The van der Waals surface area contributed by atoms with Crippen LogP contribution in [0.2, 0.25) is 0 Å². The van der Waals surface area contributed by atoms with Crippen LogP contribution in [0.1, 0.15) is 119 Å². The van der Waals surface area contributed by atoms with E-state index in [4.69, 9.17) is 9.97 Å². The topological polar surface area (TPSA) is 91.5 Å². The molecule has 2 aliphatic heterocycles.